The van der Waals surface area contributed by atoms with Crippen molar-refractivity contribution in [2.75, 3.05) is 13.2 Å². The van der Waals surface area contributed by atoms with Crippen LogP contribution in [-0.2, 0) is 4.74 Å². The molecule has 0 spiro atoms. The molecule has 2 nitrogen and oxygen atoms in total. The highest BCUT2D eigenvalue weighted by atomic mass is 16.5. The Bertz CT molecular complexity index is 391. The third-order valence-electron chi connectivity index (χ3n) is 4.23. The Morgan fingerprint density at radius 1 is 1.32 bits per heavy atom. The van der Waals surface area contributed by atoms with Crippen molar-refractivity contribution >= 4 is 0 Å². The molecule has 1 fully saturated rings. The highest BCUT2D eigenvalue weighted by Gasteiger charge is 2.34. The second kappa shape index (κ2) is 7.06. The molecule has 1 aliphatic heterocycles. The Labute approximate surface area is 117 Å². The van der Waals surface area contributed by atoms with Gasteiger partial charge in [-0.1, -0.05) is 38.1 Å². The molecular weight excluding hydrogens is 234 g/mol. The van der Waals surface area contributed by atoms with E-state index < -0.39 is 0 Å². The normalized spacial score (nSPS) is 24.6. The summed E-state index contributed by atoms with van der Waals surface area (Å²) in [5, 5.41) is 3.75. The summed E-state index contributed by atoms with van der Waals surface area (Å²) in [4.78, 5) is 0. The molecule has 1 aromatic rings. The summed E-state index contributed by atoms with van der Waals surface area (Å²) in [6.45, 7) is 8.67. The summed E-state index contributed by atoms with van der Waals surface area (Å²) < 4.78 is 5.90. The lowest BCUT2D eigenvalue weighted by molar-refractivity contribution is 0.0773. The molecule has 1 saturated heterocycles. The Morgan fingerprint density at radius 3 is 2.79 bits per heavy atom. The van der Waals surface area contributed by atoms with Gasteiger partial charge < -0.3 is 10.1 Å². The topological polar surface area (TPSA) is 21.3 Å². The molecular formula is C17H27NO. The quantitative estimate of drug-likeness (QED) is 0.840. The minimum Gasteiger partial charge on any atom is -0.378 e. The fourth-order valence-corrected chi connectivity index (χ4v) is 3.19. The number of aryl methyl sites for hydroxylation is 1. The average molecular weight is 261 g/mol. The zero-order valence-electron chi connectivity index (χ0n) is 12.5. The average Bonchev–Trinajstić information content (AvgIpc) is 2.89. The molecule has 19 heavy (non-hydrogen) atoms. The molecule has 0 aromatic heterocycles. The molecule has 0 aliphatic carbocycles. The first-order valence-electron chi connectivity index (χ1n) is 7.68. The lowest BCUT2D eigenvalue weighted by atomic mass is 9.85. The zero-order chi connectivity index (χ0) is 13.7. The van der Waals surface area contributed by atoms with Crippen LogP contribution in [0.4, 0.5) is 0 Å². The van der Waals surface area contributed by atoms with Gasteiger partial charge in [0.15, 0.2) is 0 Å². The molecule has 0 saturated carbocycles. The highest BCUT2D eigenvalue weighted by Crippen LogP contribution is 2.35. The monoisotopic (exact) mass is 261 g/mol. The van der Waals surface area contributed by atoms with Gasteiger partial charge in [0.2, 0.25) is 0 Å². The van der Waals surface area contributed by atoms with Crippen LogP contribution in [0.2, 0.25) is 0 Å². The largest absolute Gasteiger partial charge is 0.378 e. The molecule has 1 aliphatic rings. The number of hydrogen-bond acceptors (Lipinski definition) is 2. The van der Waals surface area contributed by atoms with E-state index in [1.807, 2.05) is 0 Å². The van der Waals surface area contributed by atoms with E-state index in [4.69, 9.17) is 4.74 Å². The summed E-state index contributed by atoms with van der Waals surface area (Å²) in [5.41, 5.74) is 2.84. The summed E-state index contributed by atoms with van der Waals surface area (Å²) in [6.07, 6.45) is 3.87. The van der Waals surface area contributed by atoms with Crippen LogP contribution in [0.5, 0.6) is 0 Å². The Balaban J connectivity index is 2.22. The maximum absolute atomic E-state index is 5.90. The van der Waals surface area contributed by atoms with Crippen LogP contribution in [0, 0.1) is 12.8 Å². The van der Waals surface area contributed by atoms with Gasteiger partial charge >= 0.3 is 0 Å². The van der Waals surface area contributed by atoms with E-state index in [1.54, 1.807) is 0 Å². The van der Waals surface area contributed by atoms with Gasteiger partial charge in [0, 0.05) is 18.6 Å². The number of benzene rings is 1. The minimum atomic E-state index is 0.411. The molecule has 3 unspecified atom stereocenters. The predicted octanol–water partition coefficient (Wildman–Crippen LogP) is 3.85. The standard InChI is InChI=1S/C17H27NO/c1-4-11-18-17(14-9-7-6-8-13(14)3)15-10-12-19-16(15)5-2/h6-9,15-18H,4-5,10-12H2,1-3H3. The maximum atomic E-state index is 5.90. The van der Waals surface area contributed by atoms with Gasteiger partial charge in [-0.15, -0.1) is 0 Å². The number of hydrogen-bond donors (Lipinski definition) is 1. The molecule has 0 amide bonds. The van der Waals surface area contributed by atoms with Crippen LogP contribution in [0.1, 0.15) is 50.3 Å². The van der Waals surface area contributed by atoms with E-state index in [1.165, 1.54) is 24.0 Å². The Kier molecular flexibility index (Phi) is 5.41. The van der Waals surface area contributed by atoms with Gasteiger partial charge in [-0.3, -0.25) is 0 Å². The summed E-state index contributed by atoms with van der Waals surface area (Å²) in [7, 11) is 0. The van der Waals surface area contributed by atoms with Gasteiger partial charge in [0.05, 0.1) is 6.10 Å². The van der Waals surface area contributed by atoms with E-state index in [9.17, 15) is 0 Å². The molecule has 2 rings (SSSR count). The van der Waals surface area contributed by atoms with Crippen molar-refractivity contribution in [3.8, 4) is 0 Å². The first-order chi connectivity index (χ1) is 9.27. The third-order valence-corrected chi connectivity index (χ3v) is 4.23. The maximum Gasteiger partial charge on any atom is 0.0619 e. The van der Waals surface area contributed by atoms with Gasteiger partial charge in [0.25, 0.3) is 0 Å². The number of ether oxygens (including phenoxy) is 1. The smallest absolute Gasteiger partial charge is 0.0619 e. The van der Waals surface area contributed by atoms with Crippen molar-refractivity contribution in [2.45, 2.75) is 52.2 Å². The van der Waals surface area contributed by atoms with Gasteiger partial charge in [-0.2, -0.15) is 0 Å². The van der Waals surface area contributed by atoms with Crippen LogP contribution in [0.3, 0.4) is 0 Å². The molecule has 1 heterocycles. The number of rotatable bonds is 6. The van der Waals surface area contributed by atoms with Gasteiger partial charge in [-0.25, -0.2) is 0 Å². The molecule has 3 atom stereocenters. The number of nitrogens with one attached hydrogen (secondary N) is 1. The lowest BCUT2D eigenvalue weighted by Crippen LogP contribution is -2.33. The fraction of sp³-hybridized carbons (Fsp3) is 0.647. The van der Waals surface area contributed by atoms with Crippen molar-refractivity contribution in [2.24, 2.45) is 5.92 Å². The predicted molar refractivity (Wildman–Crippen MR) is 80.4 cm³/mol. The van der Waals surface area contributed by atoms with E-state index in [0.717, 1.165) is 19.6 Å². The van der Waals surface area contributed by atoms with Gasteiger partial charge in [-0.05, 0) is 43.9 Å². The van der Waals surface area contributed by atoms with Crippen LogP contribution < -0.4 is 5.32 Å². The van der Waals surface area contributed by atoms with E-state index in [2.05, 4.69) is 50.4 Å². The third kappa shape index (κ3) is 3.37. The summed E-state index contributed by atoms with van der Waals surface area (Å²) in [6, 6.07) is 9.20. The summed E-state index contributed by atoms with van der Waals surface area (Å²) in [5.74, 6) is 0.609. The molecule has 1 N–H and O–H groups in total. The van der Waals surface area contributed by atoms with E-state index >= 15 is 0 Å². The Hall–Kier alpha value is -0.860. The first kappa shape index (κ1) is 14.5. The second-order valence-corrected chi connectivity index (χ2v) is 5.56. The molecule has 0 bridgehead atoms. The SMILES string of the molecule is CCCNC(c1ccccc1C)C1CCOC1CC. The van der Waals surface area contributed by atoms with Crippen molar-refractivity contribution < 1.29 is 4.74 Å². The van der Waals surface area contributed by atoms with Gasteiger partial charge in [0.1, 0.15) is 0 Å². The second-order valence-electron chi connectivity index (χ2n) is 5.56. The van der Waals surface area contributed by atoms with Crippen molar-refractivity contribution in [1.29, 1.82) is 0 Å². The highest BCUT2D eigenvalue weighted by molar-refractivity contribution is 5.29. The summed E-state index contributed by atoms with van der Waals surface area (Å²) >= 11 is 0. The van der Waals surface area contributed by atoms with Crippen molar-refractivity contribution in [1.82, 2.24) is 5.32 Å². The Morgan fingerprint density at radius 2 is 2.11 bits per heavy atom. The molecule has 2 heteroatoms. The van der Waals surface area contributed by atoms with E-state index in [0.29, 0.717) is 18.1 Å². The molecule has 1 aromatic carbocycles. The van der Waals surface area contributed by atoms with Crippen molar-refractivity contribution in [3.05, 3.63) is 35.4 Å². The lowest BCUT2D eigenvalue weighted by Gasteiger charge is -2.29. The minimum absolute atomic E-state index is 0.411. The fourth-order valence-electron chi connectivity index (χ4n) is 3.19. The van der Waals surface area contributed by atoms with Crippen LogP contribution in [0.15, 0.2) is 24.3 Å². The van der Waals surface area contributed by atoms with Crippen molar-refractivity contribution in [3.63, 3.8) is 0 Å². The van der Waals surface area contributed by atoms with Crippen LogP contribution in [0.25, 0.3) is 0 Å². The zero-order valence-corrected chi connectivity index (χ0v) is 12.5. The van der Waals surface area contributed by atoms with Crippen LogP contribution in [-0.4, -0.2) is 19.3 Å². The first-order valence-corrected chi connectivity index (χ1v) is 7.68. The molecule has 0 radical (unpaired) electrons. The van der Waals surface area contributed by atoms with E-state index in [-0.39, 0.29) is 0 Å². The van der Waals surface area contributed by atoms with Crippen LogP contribution >= 0.6 is 0 Å². The molecule has 106 valence electrons.